The van der Waals surface area contributed by atoms with Gasteiger partial charge in [-0.25, -0.2) is 0 Å². The Labute approximate surface area is 134 Å². The van der Waals surface area contributed by atoms with Crippen molar-refractivity contribution >= 4 is 25.3 Å². The first kappa shape index (κ1) is 19.4. The van der Waals surface area contributed by atoms with Crippen molar-refractivity contribution in [2.75, 3.05) is 13.2 Å². The van der Waals surface area contributed by atoms with Gasteiger partial charge in [0.2, 0.25) is 0 Å². The van der Waals surface area contributed by atoms with Gasteiger partial charge in [-0.2, -0.15) is 0 Å². The van der Waals surface area contributed by atoms with Crippen LogP contribution in [0.25, 0.3) is 0 Å². The summed E-state index contributed by atoms with van der Waals surface area (Å²) in [6.45, 7) is 11.0. The van der Waals surface area contributed by atoms with Crippen LogP contribution < -0.4 is 5.09 Å². The topological polar surface area (TPSA) is 21.3 Å². The van der Waals surface area contributed by atoms with Gasteiger partial charge in [0.15, 0.2) is 0 Å². The Morgan fingerprint density at radius 1 is 1.30 bits per heavy atom. The molecule has 0 rings (SSSR count). The van der Waals surface area contributed by atoms with Crippen molar-refractivity contribution in [3.8, 4) is 0 Å². The number of halogens is 1. The zero-order chi connectivity index (χ0) is 15.2. The third kappa shape index (κ3) is 9.30. The molecule has 0 heterocycles. The molecular weight excluding hydrogens is 333 g/mol. The summed E-state index contributed by atoms with van der Waals surface area (Å²) in [4.78, 5) is 0. The van der Waals surface area contributed by atoms with Gasteiger partial charge in [0.25, 0.3) is 0 Å². The molecule has 112 valence electrons. The van der Waals surface area contributed by atoms with Crippen LogP contribution in [0.3, 0.4) is 0 Å². The lowest BCUT2D eigenvalue weighted by Gasteiger charge is -2.12. The van der Waals surface area contributed by atoms with Crippen molar-refractivity contribution in [3.05, 3.63) is 59.4 Å². The summed E-state index contributed by atoms with van der Waals surface area (Å²) in [5, 5.41) is 3.05. The quantitative estimate of drug-likeness (QED) is 0.242. The highest BCUT2D eigenvalue weighted by Gasteiger charge is 2.04. The third-order valence-electron chi connectivity index (χ3n) is 2.54. The van der Waals surface area contributed by atoms with Crippen LogP contribution >= 0.6 is 25.3 Å². The number of unbranched alkanes of at least 4 members (excludes halogenated alkanes) is 1. The van der Waals surface area contributed by atoms with Crippen molar-refractivity contribution in [2.24, 2.45) is 0 Å². The van der Waals surface area contributed by atoms with Crippen molar-refractivity contribution in [1.82, 2.24) is 5.09 Å². The molecule has 0 saturated carbocycles. The monoisotopic (exact) mass is 357 g/mol. The zero-order valence-electron chi connectivity index (χ0n) is 12.2. The predicted octanol–water partition coefficient (Wildman–Crippen LogP) is 5.03. The molecule has 0 aliphatic carbocycles. The first-order valence-electron chi connectivity index (χ1n) is 6.75. The lowest BCUT2D eigenvalue weighted by Crippen LogP contribution is -2.03. The van der Waals surface area contributed by atoms with E-state index in [2.05, 4.69) is 56.6 Å². The van der Waals surface area contributed by atoms with Crippen LogP contribution in [0.5, 0.6) is 0 Å². The molecule has 0 aromatic rings. The zero-order valence-corrected chi connectivity index (χ0v) is 14.9. The summed E-state index contributed by atoms with van der Waals surface area (Å²) in [5.41, 5.74) is 1.30. The summed E-state index contributed by atoms with van der Waals surface area (Å²) in [7, 11) is 2.51. The molecule has 0 aromatic carbocycles. The van der Waals surface area contributed by atoms with Gasteiger partial charge in [-0.15, -0.1) is 0 Å². The molecule has 0 saturated heterocycles. The van der Waals surface area contributed by atoms with Crippen LogP contribution in [-0.2, 0) is 4.74 Å². The van der Waals surface area contributed by atoms with Crippen molar-refractivity contribution in [3.63, 3.8) is 0 Å². The lowest BCUT2D eigenvalue weighted by atomic mass is 10.1. The highest BCUT2D eigenvalue weighted by Crippen LogP contribution is 2.20. The van der Waals surface area contributed by atoms with Gasteiger partial charge >= 0.3 is 0 Å². The van der Waals surface area contributed by atoms with E-state index < -0.39 is 0 Å². The minimum absolute atomic E-state index is 0.589. The van der Waals surface area contributed by atoms with Gasteiger partial charge in [0.05, 0.1) is 4.48 Å². The fourth-order valence-electron chi connectivity index (χ4n) is 1.50. The molecule has 0 bridgehead atoms. The maximum Gasteiger partial charge on any atom is 0.133 e. The van der Waals surface area contributed by atoms with Crippen molar-refractivity contribution < 1.29 is 4.74 Å². The molecule has 1 N–H and O–H groups in total. The van der Waals surface area contributed by atoms with E-state index in [1.54, 1.807) is 12.2 Å². The van der Waals surface area contributed by atoms with E-state index in [0.29, 0.717) is 6.61 Å². The summed E-state index contributed by atoms with van der Waals surface area (Å²) < 4.78 is 6.74. The highest BCUT2D eigenvalue weighted by molar-refractivity contribution is 9.11. The minimum atomic E-state index is 0.589. The second-order valence-electron chi connectivity index (χ2n) is 4.18. The van der Waals surface area contributed by atoms with E-state index in [9.17, 15) is 0 Å². The lowest BCUT2D eigenvalue weighted by molar-refractivity contribution is 0.248. The second kappa shape index (κ2) is 13.4. The van der Waals surface area contributed by atoms with Crippen molar-refractivity contribution in [1.29, 1.82) is 0 Å². The number of rotatable bonds is 11. The number of hydrogen-bond donors (Lipinski definition) is 1. The van der Waals surface area contributed by atoms with Crippen LogP contribution in [0.2, 0.25) is 0 Å². The minimum Gasteiger partial charge on any atom is -0.488 e. The second-order valence-corrected chi connectivity index (χ2v) is 5.44. The summed E-state index contributed by atoms with van der Waals surface area (Å²) in [6.07, 6.45) is 12.7. The largest absolute Gasteiger partial charge is 0.488 e. The molecule has 2 nitrogen and oxygen atoms in total. The van der Waals surface area contributed by atoms with Crippen molar-refractivity contribution in [2.45, 2.75) is 26.2 Å². The van der Waals surface area contributed by atoms with Gasteiger partial charge < -0.3 is 4.74 Å². The molecule has 1 unspecified atom stereocenters. The van der Waals surface area contributed by atoms with E-state index in [0.717, 1.165) is 23.2 Å². The van der Waals surface area contributed by atoms with Gasteiger partial charge in [0, 0.05) is 6.54 Å². The number of nitrogens with one attached hydrogen (secondary N) is 1. The molecule has 0 aliphatic heterocycles. The standard InChI is InChI=1S/C16H25BrNOP/c1-4-7-10-14(11-12-18-20)13-19-16(9-6-3)15(17)8-5-2/h5-6,8-9,11,18H,2-4,7,10,12-13,20H2,1H3/b14-11+,15-8+,16-9+. The van der Waals surface area contributed by atoms with Gasteiger partial charge in [0.1, 0.15) is 12.4 Å². The molecule has 4 heteroatoms. The molecule has 0 aromatic heterocycles. The van der Waals surface area contributed by atoms with E-state index in [-0.39, 0.29) is 0 Å². The maximum absolute atomic E-state index is 5.88. The number of hydrogen-bond acceptors (Lipinski definition) is 2. The van der Waals surface area contributed by atoms with Gasteiger partial charge in [-0.1, -0.05) is 54.1 Å². The molecular formula is C16H25BrNOP. The highest BCUT2D eigenvalue weighted by atomic mass is 79.9. The number of ether oxygens (including phenoxy) is 1. The first-order valence-corrected chi connectivity index (χ1v) is 8.12. The fourth-order valence-corrected chi connectivity index (χ4v) is 2.05. The van der Waals surface area contributed by atoms with Gasteiger partial charge in [-0.3, -0.25) is 5.09 Å². The Morgan fingerprint density at radius 2 is 2.00 bits per heavy atom. The Balaban J connectivity index is 4.69. The van der Waals surface area contributed by atoms with E-state index in [4.69, 9.17) is 4.74 Å². The Bertz CT molecular complexity index is 386. The molecule has 1 atom stereocenters. The Kier molecular flexibility index (Phi) is 12.9. The molecule has 0 spiro atoms. The Morgan fingerprint density at radius 3 is 2.55 bits per heavy atom. The van der Waals surface area contributed by atoms with Crippen LogP contribution in [0, 0.1) is 0 Å². The smallest absolute Gasteiger partial charge is 0.133 e. The summed E-state index contributed by atoms with van der Waals surface area (Å²) in [6, 6.07) is 0. The summed E-state index contributed by atoms with van der Waals surface area (Å²) >= 11 is 3.47. The average molecular weight is 358 g/mol. The van der Waals surface area contributed by atoms with E-state index >= 15 is 0 Å². The van der Waals surface area contributed by atoms with Crippen LogP contribution in [0.15, 0.2) is 59.4 Å². The molecule has 0 fully saturated rings. The average Bonchev–Trinajstić information content (AvgIpc) is 2.45. The van der Waals surface area contributed by atoms with Crippen LogP contribution in [0.1, 0.15) is 26.2 Å². The van der Waals surface area contributed by atoms with Gasteiger partial charge in [-0.05, 0) is 46.5 Å². The first-order chi connectivity index (χ1) is 9.69. The molecule has 0 amide bonds. The molecule has 20 heavy (non-hydrogen) atoms. The molecule has 0 aliphatic rings. The SMILES string of the molecule is C=C/C=C(Br)\C(=C/C=C)OC/C(=C/CNP)CCCC. The predicted molar refractivity (Wildman–Crippen MR) is 96.8 cm³/mol. The normalized spacial score (nSPS) is 13.2. The summed E-state index contributed by atoms with van der Waals surface area (Å²) in [5.74, 6) is 0.765. The Hall–Kier alpha value is -0.630. The van der Waals surface area contributed by atoms with E-state index in [1.165, 1.54) is 18.4 Å². The van der Waals surface area contributed by atoms with Crippen LogP contribution in [0.4, 0.5) is 0 Å². The fraction of sp³-hybridized carbons (Fsp3) is 0.375. The third-order valence-corrected chi connectivity index (χ3v) is 3.43. The maximum atomic E-state index is 5.88. The van der Waals surface area contributed by atoms with Crippen LogP contribution in [-0.4, -0.2) is 13.2 Å². The number of allylic oxidation sites excluding steroid dienone is 5. The van der Waals surface area contributed by atoms with E-state index in [1.807, 2.05) is 12.2 Å². The molecule has 0 radical (unpaired) electrons.